The van der Waals surface area contributed by atoms with Gasteiger partial charge in [0.15, 0.2) is 0 Å². The minimum atomic E-state index is -4.72. The lowest BCUT2D eigenvalue weighted by molar-refractivity contribution is 0.000202. The van der Waals surface area contributed by atoms with Crippen LogP contribution >= 0.6 is 15.6 Å². The van der Waals surface area contributed by atoms with Gasteiger partial charge in [0.05, 0.1) is 24.9 Å². The van der Waals surface area contributed by atoms with Crippen molar-refractivity contribution in [3.8, 4) is 0 Å². The number of hydrogen-bond donors (Lipinski definition) is 3. The minimum absolute atomic E-state index is 0.238. The van der Waals surface area contributed by atoms with Crippen molar-refractivity contribution in [1.29, 1.82) is 0 Å². The predicted octanol–water partition coefficient (Wildman–Crippen LogP) is 0.405. The number of rotatable bonds is 6. The smallest absolute Gasteiger partial charge is 0.390 e. The van der Waals surface area contributed by atoms with Crippen molar-refractivity contribution in [3.05, 3.63) is 0 Å². The Kier molecular flexibility index (Phi) is 5.49. The number of phosphoric acid groups is 2. The van der Waals surface area contributed by atoms with Gasteiger partial charge in [-0.05, 0) is 6.92 Å². The fourth-order valence-corrected chi connectivity index (χ4v) is 3.24. The largest absolute Gasteiger partial charge is 0.481 e. The van der Waals surface area contributed by atoms with Crippen LogP contribution in [0.2, 0.25) is 0 Å². The molecule has 0 radical (unpaired) electrons. The lowest BCUT2D eigenvalue weighted by Crippen LogP contribution is -2.16. The highest BCUT2D eigenvalue weighted by Crippen LogP contribution is 2.60. The molecule has 0 amide bonds. The molecule has 0 aromatic carbocycles. The Morgan fingerprint density at radius 2 is 1.94 bits per heavy atom. The molecule has 18 heavy (non-hydrogen) atoms. The summed E-state index contributed by atoms with van der Waals surface area (Å²) < 4.78 is 39.8. The highest BCUT2D eigenvalue weighted by Gasteiger charge is 2.37. The number of phosphoric ester groups is 2. The molecule has 108 valence electrons. The first-order valence-electron chi connectivity index (χ1n) is 5.06. The van der Waals surface area contributed by atoms with Gasteiger partial charge in [-0.25, -0.2) is 9.13 Å². The first-order chi connectivity index (χ1) is 8.15. The summed E-state index contributed by atoms with van der Waals surface area (Å²) in [6, 6.07) is 0. The van der Waals surface area contributed by atoms with Crippen LogP contribution < -0.4 is 0 Å². The van der Waals surface area contributed by atoms with Crippen LogP contribution in [-0.2, 0) is 27.2 Å². The van der Waals surface area contributed by atoms with Gasteiger partial charge in [0.1, 0.15) is 0 Å². The summed E-state index contributed by atoms with van der Waals surface area (Å²) in [7, 11) is -8.48. The summed E-state index contributed by atoms with van der Waals surface area (Å²) >= 11 is 0. The Balaban J connectivity index is 2.43. The Morgan fingerprint density at radius 1 is 1.33 bits per heavy atom. The van der Waals surface area contributed by atoms with Gasteiger partial charge in [-0.15, -0.1) is 0 Å². The summed E-state index contributed by atoms with van der Waals surface area (Å²) in [6.07, 6.45) is -1.43. The van der Waals surface area contributed by atoms with E-state index >= 15 is 0 Å². The third-order valence-electron chi connectivity index (χ3n) is 2.31. The van der Waals surface area contributed by atoms with Crippen molar-refractivity contribution < 1.29 is 42.1 Å². The molecule has 0 aliphatic carbocycles. The van der Waals surface area contributed by atoms with Gasteiger partial charge in [0.25, 0.3) is 0 Å². The van der Waals surface area contributed by atoms with E-state index < -0.39 is 34.0 Å². The molecular formula is C7H16O9P2. The average Bonchev–Trinajstić information content (AvgIpc) is 2.55. The number of ether oxygens (including phenoxy) is 1. The van der Waals surface area contributed by atoms with E-state index in [9.17, 15) is 14.2 Å². The summed E-state index contributed by atoms with van der Waals surface area (Å²) in [5.41, 5.74) is 0. The molecule has 1 saturated heterocycles. The van der Waals surface area contributed by atoms with E-state index in [1.807, 2.05) is 0 Å². The topological polar surface area (TPSA) is 132 Å². The van der Waals surface area contributed by atoms with Crippen LogP contribution in [0.5, 0.6) is 0 Å². The maximum Gasteiger partial charge on any atom is 0.481 e. The molecule has 1 rings (SSSR count). The summed E-state index contributed by atoms with van der Waals surface area (Å²) in [6.45, 7) is 1.30. The van der Waals surface area contributed by atoms with Gasteiger partial charge in [-0.2, -0.15) is 4.31 Å². The van der Waals surface area contributed by atoms with Crippen molar-refractivity contribution in [3.63, 3.8) is 0 Å². The fourth-order valence-electron chi connectivity index (χ4n) is 1.38. The summed E-state index contributed by atoms with van der Waals surface area (Å²) in [5, 5.41) is 9.37. The van der Waals surface area contributed by atoms with E-state index in [0.717, 1.165) is 7.11 Å². The zero-order valence-electron chi connectivity index (χ0n) is 9.83. The van der Waals surface area contributed by atoms with Crippen LogP contribution in [0.1, 0.15) is 13.3 Å². The highest BCUT2D eigenvalue weighted by molar-refractivity contribution is 7.61. The normalized spacial score (nSPS) is 35.1. The molecule has 1 aliphatic heterocycles. The Labute approximate surface area is 104 Å². The van der Waals surface area contributed by atoms with Gasteiger partial charge in [-0.1, -0.05) is 0 Å². The van der Waals surface area contributed by atoms with Crippen LogP contribution in [0.15, 0.2) is 0 Å². The maximum absolute atomic E-state index is 11.3. The van der Waals surface area contributed by atoms with Gasteiger partial charge >= 0.3 is 15.6 Å². The Morgan fingerprint density at radius 3 is 2.39 bits per heavy atom. The zero-order valence-corrected chi connectivity index (χ0v) is 11.6. The van der Waals surface area contributed by atoms with Gasteiger partial charge in [0.2, 0.25) is 0 Å². The van der Waals surface area contributed by atoms with Crippen LogP contribution in [-0.4, -0.2) is 46.9 Å². The molecule has 9 nitrogen and oxygen atoms in total. The van der Waals surface area contributed by atoms with Gasteiger partial charge < -0.3 is 19.6 Å². The van der Waals surface area contributed by atoms with Crippen molar-refractivity contribution in [2.75, 3.05) is 13.7 Å². The van der Waals surface area contributed by atoms with E-state index in [4.69, 9.17) is 14.5 Å². The van der Waals surface area contributed by atoms with Crippen molar-refractivity contribution in [2.24, 2.45) is 0 Å². The molecule has 11 heteroatoms. The van der Waals surface area contributed by atoms with E-state index in [2.05, 4.69) is 13.4 Å². The lowest BCUT2D eigenvalue weighted by Gasteiger charge is -2.16. The van der Waals surface area contributed by atoms with E-state index in [-0.39, 0.29) is 13.0 Å². The first kappa shape index (κ1) is 16.2. The quantitative estimate of drug-likeness (QED) is 0.596. The van der Waals surface area contributed by atoms with Crippen molar-refractivity contribution in [1.82, 2.24) is 0 Å². The second-order valence-electron chi connectivity index (χ2n) is 3.76. The fraction of sp³-hybridized carbons (Fsp3) is 1.00. The Bertz CT molecular complexity index is 362. The van der Waals surface area contributed by atoms with E-state index in [0.29, 0.717) is 0 Å². The molecular weight excluding hydrogens is 290 g/mol. The van der Waals surface area contributed by atoms with Crippen LogP contribution in [0, 0.1) is 0 Å². The zero-order chi connectivity index (χ0) is 14.0. The molecule has 5 atom stereocenters. The molecule has 3 N–H and O–H groups in total. The van der Waals surface area contributed by atoms with Gasteiger partial charge in [0, 0.05) is 13.5 Å². The molecule has 2 unspecified atom stereocenters. The summed E-state index contributed by atoms with van der Waals surface area (Å²) in [4.78, 5) is 18.0. The van der Waals surface area contributed by atoms with Crippen LogP contribution in [0.25, 0.3) is 0 Å². The highest BCUT2D eigenvalue weighted by atomic mass is 31.3. The first-order valence-corrected chi connectivity index (χ1v) is 8.05. The minimum Gasteiger partial charge on any atom is -0.390 e. The number of hydrogen-bond acceptors (Lipinski definition) is 7. The van der Waals surface area contributed by atoms with Crippen LogP contribution in [0.4, 0.5) is 0 Å². The average molecular weight is 306 g/mol. The third kappa shape index (κ3) is 5.05. The molecule has 0 bridgehead atoms. The summed E-state index contributed by atoms with van der Waals surface area (Å²) in [5.74, 6) is 0. The number of aliphatic hydroxyl groups excluding tert-OH is 1. The SMILES string of the molecule is COP(=O)(O)OP(=O)(O)OC[C@@H]1C[C@H](O)[C@H](C)O1. The monoisotopic (exact) mass is 306 g/mol. The van der Waals surface area contributed by atoms with Crippen LogP contribution in [0.3, 0.4) is 0 Å². The molecule has 1 fully saturated rings. The van der Waals surface area contributed by atoms with E-state index in [1.165, 1.54) is 0 Å². The molecule has 0 aromatic heterocycles. The Hall–Kier alpha value is 0.180. The maximum atomic E-state index is 11.3. The van der Waals surface area contributed by atoms with E-state index in [1.54, 1.807) is 6.92 Å². The standard InChI is InChI=1S/C7H16O9P2/c1-5-7(8)3-6(15-5)4-14-18(11,12)16-17(9,10)13-2/h5-8H,3-4H2,1-2H3,(H,9,10)(H,11,12)/t5-,6-,7-/m0/s1. The predicted molar refractivity (Wildman–Crippen MR) is 58.7 cm³/mol. The molecule has 0 spiro atoms. The van der Waals surface area contributed by atoms with Crippen molar-refractivity contribution >= 4 is 15.6 Å². The molecule has 0 aromatic rings. The van der Waals surface area contributed by atoms with Crippen molar-refractivity contribution in [2.45, 2.75) is 31.7 Å². The molecule has 0 saturated carbocycles. The second kappa shape index (κ2) is 6.09. The molecule has 1 heterocycles. The second-order valence-corrected chi connectivity index (χ2v) is 6.91. The molecule has 1 aliphatic rings. The third-order valence-corrected chi connectivity index (χ3v) is 4.90. The van der Waals surface area contributed by atoms with Gasteiger partial charge in [-0.3, -0.25) is 9.05 Å². The number of aliphatic hydroxyl groups is 1. The lowest BCUT2D eigenvalue weighted by atomic mass is 10.2.